The van der Waals surface area contributed by atoms with Crippen molar-refractivity contribution >= 4 is 15.9 Å². The average molecular weight is 279 g/mol. The molecule has 0 rings (SSSR count). The zero-order valence-corrected chi connectivity index (χ0v) is 12.6. The molecule has 0 atom stereocenters. The van der Waals surface area contributed by atoms with Crippen molar-refractivity contribution in [3.63, 3.8) is 0 Å². The summed E-state index contributed by atoms with van der Waals surface area (Å²) in [5.41, 5.74) is 0. The third-order valence-corrected chi connectivity index (χ3v) is 3.98. The molecule has 0 aromatic heterocycles. The molecular formula is C11H25N3O3S. The summed E-state index contributed by atoms with van der Waals surface area (Å²) >= 11 is 0. The Morgan fingerprint density at radius 1 is 1.22 bits per heavy atom. The van der Waals surface area contributed by atoms with Gasteiger partial charge in [-0.25, -0.2) is 12.7 Å². The van der Waals surface area contributed by atoms with Gasteiger partial charge in [0.05, 0.1) is 6.26 Å². The molecule has 7 heteroatoms. The predicted octanol–water partition coefficient (Wildman–Crippen LogP) is -0.274. The van der Waals surface area contributed by atoms with Crippen LogP contribution in [0, 0.1) is 0 Å². The standard InChI is InChI=1S/C11H25N3O3S/c1-5-14(18(4,16)17)10-6-8-12-9-7-11(15)13(2)3/h12H,5-10H2,1-4H3. The van der Waals surface area contributed by atoms with E-state index in [-0.39, 0.29) is 5.91 Å². The molecule has 18 heavy (non-hydrogen) atoms. The number of nitrogens with zero attached hydrogens (tertiary/aromatic N) is 2. The van der Waals surface area contributed by atoms with Crippen molar-refractivity contribution in [2.45, 2.75) is 19.8 Å². The minimum Gasteiger partial charge on any atom is -0.349 e. The first kappa shape index (κ1) is 17.3. The van der Waals surface area contributed by atoms with Crippen LogP contribution in [0.3, 0.4) is 0 Å². The Labute approximate surface area is 110 Å². The highest BCUT2D eigenvalue weighted by Crippen LogP contribution is 1.98. The minimum atomic E-state index is -3.09. The number of amides is 1. The molecule has 0 heterocycles. The van der Waals surface area contributed by atoms with Crippen molar-refractivity contribution in [1.82, 2.24) is 14.5 Å². The van der Waals surface area contributed by atoms with Crippen molar-refractivity contribution in [3.05, 3.63) is 0 Å². The third kappa shape index (κ3) is 7.62. The lowest BCUT2D eigenvalue weighted by molar-refractivity contribution is -0.128. The van der Waals surface area contributed by atoms with E-state index >= 15 is 0 Å². The Hall–Kier alpha value is -0.660. The van der Waals surface area contributed by atoms with Crippen LogP contribution in [0.25, 0.3) is 0 Å². The number of hydrogen-bond acceptors (Lipinski definition) is 4. The molecule has 0 saturated heterocycles. The van der Waals surface area contributed by atoms with Gasteiger partial charge in [-0.3, -0.25) is 4.79 Å². The molecule has 108 valence electrons. The van der Waals surface area contributed by atoms with Gasteiger partial charge in [0, 0.05) is 40.2 Å². The van der Waals surface area contributed by atoms with Gasteiger partial charge in [0.15, 0.2) is 0 Å². The lowest BCUT2D eigenvalue weighted by Gasteiger charge is -2.17. The van der Waals surface area contributed by atoms with Gasteiger partial charge < -0.3 is 10.2 Å². The van der Waals surface area contributed by atoms with Crippen LogP contribution in [0.4, 0.5) is 0 Å². The highest BCUT2D eigenvalue weighted by molar-refractivity contribution is 7.88. The molecule has 0 aliphatic carbocycles. The summed E-state index contributed by atoms with van der Waals surface area (Å²) in [6, 6.07) is 0. The average Bonchev–Trinajstić information content (AvgIpc) is 2.25. The van der Waals surface area contributed by atoms with Crippen molar-refractivity contribution in [3.8, 4) is 0 Å². The fraction of sp³-hybridized carbons (Fsp3) is 0.909. The fourth-order valence-corrected chi connectivity index (χ4v) is 2.41. The van der Waals surface area contributed by atoms with E-state index in [4.69, 9.17) is 0 Å². The van der Waals surface area contributed by atoms with E-state index in [0.29, 0.717) is 32.6 Å². The van der Waals surface area contributed by atoms with Crippen LogP contribution >= 0.6 is 0 Å². The Kier molecular flexibility index (Phi) is 8.13. The molecule has 1 N–H and O–H groups in total. The first-order valence-corrected chi connectivity index (χ1v) is 7.99. The van der Waals surface area contributed by atoms with Crippen molar-refractivity contribution in [2.24, 2.45) is 0 Å². The van der Waals surface area contributed by atoms with Gasteiger partial charge in [0.2, 0.25) is 15.9 Å². The van der Waals surface area contributed by atoms with Gasteiger partial charge in [-0.15, -0.1) is 0 Å². The summed E-state index contributed by atoms with van der Waals surface area (Å²) in [7, 11) is 0.372. The highest BCUT2D eigenvalue weighted by atomic mass is 32.2. The van der Waals surface area contributed by atoms with Gasteiger partial charge in [-0.2, -0.15) is 0 Å². The lowest BCUT2D eigenvalue weighted by Crippen LogP contribution is -2.33. The Morgan fingerprint density at radius 2 is 1.83 bits per heavy atom. The lowest BCUT2D eigenvalue weighted by atomic mass is 10.3. The third-order valence-electron chi connectivity index (χ3n) is 2.60. The van der Waals surface area contributed by atoms with Crippen molar-refractivity contribution in [1.29, 1.82) is 0 Å². The maximum absolute atomic E-state index is 11.3. The molecule has 1 amide bonds. The van der Waals surface area contributed by atoms with Crippen LogP contribution in [0.15, 0.2) is 0 Å². The van der Waals surface area contributed by atoms with E-state index in [0.717, 1.165) is 6.42 Å². The number of carbonyl (C=O) groups excluding carboxylic acids is 1. The minimum absolute atomic E-state index is 0.0915. The Balaban J connectivity index is 3.66. The van der Waals surface area contributed by atoms with Gasteiger partial charge in [0.1, 0.15) is 0 Å². The van der Waals surface area contributed by atoms with Crippen LogP contribution in [-0.4, -0.2) is 70.1 Å². The summed E-state index contributed by atoms with van der Waals surface area (Å²) in [6.45, 7) is 4.18. The Bertz CT molecular complexity index is 341. The second-order valence-electron chi connectivity index (χ2n) is 4.40. The molecule has 0 aromatic carbocycles. The molecule has 0 radical (unpaired) electrons. The normalized spacial score (nSPS) is 11.8. The summed E-state index contributed by atoms with van der Waals surface area (Å²) in [5, 5.41) is 3.13. The largest absolute Gasteiger partial charge is 0.349 e. The molecule has 6 nitrogen and oxygen atoms in total. The van der Waals surface area contributed by atoms with Crippen LogP contribution in [0.5, 0.6) is 0 Å². The predicted molar refractivity (Wildman–Crippen MR) is 72.9 cm³/mol. The monoisotopic (exact) mass is 279 g/mol. The zero-order chi connectivity index (χ0) is 14.2. The number of nitrogens with one attached hydrogen (secondary N) is 1. The topological polar surface area (TPSA) is 69.7 Å². The molecule has 0 aliphatic rings. The van der Waals surface area contributed by atoms with E-state index in [1.165, 1.54) is 10.6 Å². The molecule has 0 saturated carbocycles. The quantitative estimate of drug-likeness (QED) is 0.590. The number of carbonyl (C=O) groups is 1. The van der Waals surface area contributed by atoms with Gasteiger partial charge in [-0.05, 0) is 13.0 Å². The molecule has 0 unspecified atom stereocenters. The van der Waals surface area contributed by atoms with Gasteiger partial charge in [-0.1, -0.05) is 6.92 Å². The van der Waals surface area contributed by atoms with Crippen LogP contribution < -0.4 is 5.32 Å². The fourth-order valence-electron chi connectivity index (χ4n) is 1.48. The number of rotatable bonds is 9. The van der Waals surface area contributed by atoms with Crippen LogP contribution in [0.2, 0.25) is 0 Å². The zero-order valence-electron chi connectivity index (χ0n) is 11.8. The highest BCUT2D eigenvalue weighted by Gasteiger charge is 2.12. The van der Waals surface area contributed by atoms with Crippen molar-refractivity contribution < 1.29 is 13.2 Å². The van der Waals surface area contributed by atoms with E-state index in [2.05, 4.69) is 5.32 Å². The van der Waals surface area contributed by atoms with E-state index < -0.39 is 10.0 Å². The first-order valence-electron chi connectivity index (χ1n) is 6.15. The van der Waals surface area contributed by atoms with E-state index in [1.54, 1.807) is 19.0 Å². The second-order valence-corrected chi connectivity index (χ2v) is 6.38. The summed E-state index contributed by atoms with van der Waals surface area (Å²) in [4.78, 5) is 12.8. The molecule has 0 spiro atoms. The van der Waals surface area contributed by atoms with Crippen LogP contribution in [-0.2, 0) is 14.8 Å². The smallest absolute Gasteiger partial charge is 0.223 e. The SMILES string of the molecule is CCN(CCCNCCC(=O)N(C)C)S(C)(=O)=O. The maximum atomic E-state index is 11.3. The molecule has 0 aliphatic heterocycles. The first-order chi connectivity index (χ1) is 8.29. The Morgan fingerprint density at radius 3 is 2.28 bits per heavy atom. The van der Waals surface area contributed by atoms with Gasteiger partial charge in [0.25, 0.3) is 0 Å². The van der Waals surface area contributed by atoms with Crippen LogP contribution in [0.1, 0.15) is 19.8 Å². The van der Waals surface area contributed by atoms with E-state index in [1.807, 2.05) is 6.92 Å². The summed E-state index contributed by atoms with van der Waals surface area (Å²) in [6.07, 6.45) is 2.44. The van der Waals surface area contributed by atoms with Gasteiger partial charge >= 0.3 is 0 Å². The number of sulfonamides is 1. The van der Waals surface area contributed by atoms with Crippen molar-refractivity contribution in [2.75, 3.05) is 46.5 Å². The molecule has 0 aromatic rings. The maximum Gasteiger partial charge on any atom is 0.223 e. The molecular weight excluding hydrogens is 254 g/mol. The van der Waals surface area contributed by atoms with E-state index in [9.17, 15) is 13.2 Å². The summed E-state index contributed by atoms with van der Waals surface area (Å²) < 4.78 is 24.0. The molecule has 0 bridgehead atoms. The second kappa shape index (κ2) is 8.44. The summed E-state index contributed by atoms with van der Waals surface area (Å²) in [5.74, 6) is 0.0915. The molecule has 0 fully saturated rings. The number of hydrogen-bond donors (Lipinski definition) is 1.